The summed E-state index contributed by atoms with van der Waals surface area (Å²) in [5.41, 5.74) is 3.98. The number of anilines is 1. The number of fused-ring (bicyclic) bond motifs is 2. The molecule has 1 aliphatic carbocycles. The predicted molar refractivity (Wildman–Crippen MR) is 105 cm³/mol. The number of nitriles is 1. The summed E-state index contributed by atoms with van der Waals surface area (Å²) in [7, 11) is 0. The Hall–Kier alpha value is -2.58. The number of hydrogen-bond acceptors (Lipinski definition) is 3. The summed E-state index contributed by atoms with van der Waals surface area (Å²) in [5.74, 6) is -0.0271. The van der Waals surface area contributed by atoms with E-state index in [1.807, 2.05) is 32.0 Å². The fraction of sp³-hybridized carbons (Fsp3) is 0.381. The summed E-state index contributed by atoms with van der Waals surface area (Å²) < 4.78 is 0. The van der Waals surface area contributed by atoms with Crippen molar-refractivity contribution in [2.75, 3.05) is 11.9 Å². The summed E-state index contributed by atoms with van der Waals surface area (Å²) in [6.45, 7) is 5.17. The highest BCUT2D eigenvalue weighted by Crippen LogP contribution is 2.48. The Kier molecular flexibility index (Phi) is 4.32. The summed E-state index contributed by atoms with van der Waals surface area (Å²) >= 11 is 6.34. The first kappa shape index (κ1) is 17.8. The molecule has 1 aliphatic heterocycles. The number of nitrogens with one attached hydrogen (secondary N) is 1. The number of rotatable bonds is 3. The van der Waals surface area contributed by atoms with E-state index in [1.54, 1.807) is 17.2 Å². The number of hydrogen-bond donors (Lipinski definition) is 1. The Morgan fingerprint density at radius 2 is 2.26 bits per heavy atom. The molecule has 0 saturated heterocycles. The Morgan fingerprint density at radius 1 is 1.44 bits per heavy atom. The van der Waals surface area contributed by atoms with Crippen molar-refractivity contribution in [3.05, 3.63) is 57.9 Å². The van der Waals surface area contributed by atoms with Gasteiger partial charge in [0.2, 0.25) is 0 Å². The van der Waals surface area contributed by atoms with Crippen LogP contribution in [0.2, 0.25) is 5.02 Å². The molecule has 2 unspecified atom stereocenters. The van der Waals surface area contributed by atoms with Crippen molar-refractivity contribution in [1.82, 2.24) is 9.88 Å². The van der Waals surface area contributed by atoms with Crippen LogP contribution in [0.15, 0.2) is 30.5 Å². The molecule has 0 spiro atoms. The average Bonchev–Trinajstić information content (AvgIpc) is 3.12. The molecule has 2 aromatic rings. The third-order valence-corrected chi connectivity index (χ3v) is 6.31. The SMILES string of the molecule is CCN1Cc2ccc(C(C)(C#N)C3CCc4c(Cl)ccnc43)cc2NC1=O. The van der Waals surface area contributed by atoms with E-state index in [1.165, 1.54) is 0 Å². The van der Waals surface area contributed by atoms with E-state index in [9.17, 15) is 10.1 Å². The molecule has 1 N–H and O–H groups in total. The second-order valence-electron chi connectivity index (χ2n) is 7.38. The topological polar surface area (TPSA) is 69.0 Å². The largest absolute Gasteiger partial charge is 0.322 e. The highest BCUT2D eigenvalue weighted by molar-refractivity contribution is 6.31. The van der Waals surface area contributed by atoms with Crippen molar-refractivity contribution >= 4 is 23.3 Å². The Labute approximate surface area is 164 Å². The number of halogens is 1. The normalized spacial score (nSPS) is 20.3. The third-order valence-electron chi connectivity index (χ3n) is 5.96. The molecule has 1 aromatic carbocycles. The van der Waals surface area contributed by atoms with Crippen LogP contribution < -0.4 is 5.32 Å². The zero-order chi connectivity index (χ0) is 19.2. The molecule has 2 heterocycles. The van der Waals surface area contributed by atoms with Gasteiger partial charge in [0.25, 0.3) is 0 Å². The van der Waals surface area contributed by atoms with Gasteiger partial charge in [0.05, 0.1) is 17.2 Å². The molecule has 138 valence electrons. The van der Waals surface area contributed by atoms with Crippen LogP contribution in [0.3, 0.4) is 0 Å². The van der Waals surface area contributed by atoms with E-state index in [0.29, 0.717) is 13.1 Å². The zero-order valence-corrected chi connectivity index (χ0v) is 16.2. The maximum absolute atomic E-state index is 12.2. The highest BCUT2D eigenvalue weighted by atomic mass is 35.5. The lowest BCUT2D eigenvalue weighted by molar-refractivity contribution is 0.210. The van der Waals surface area contributed by atoms with E-state index in [0.717, 1.165) is 45.9 Å². The number of amides is 2. The molecular formula is C21H21ClN4O. The minimum atomic E-state index is -0.745. The van der Waals surface area contributed by atoms with E-state index < -0.39 is 5.41 Å². The smallest absolute Gasteiger partial charge is 0.320 e. The van der Waals surface area contributed by atoms with Gasteiger partial charge in [-0.1, -0.05) is 23.7 Å². The van der Waals surface area contributed by atoms with Gasteiger partial charge in [0.1, 0.15) is 0 Å². The number of pyridine rings is 1. The van der Waals surface area contributed by atoms with Gasteiger partial charge in [-0.3, -0.25) is 4.98 Å². The van der Waals surface area contributed by atoms with Crippen molar-refractivity contribution in [1.29, 1.82) is 5.26 Å². The van der Waals surface area contributed by atoms with Gasteiger partial charge in [0, 0.05) is 35.9 Å². The second-order valence-corrected chi connectivity index (χ2v) is 7.79. The molecule has 5 nitrogen and oxygen atoms in total. The van der Waals surface area contributed by atoms with Crippen molar-refractivity contribution in [3.8, 4) is 6.07 Å². The van der Waals surface area contributed by atoms with Crippen molar-refractivity contribution in [2.24, 2.45) is 0 Å². The average molecular weight is 381 g/mol. The molecule has 2 atom stereocenters. The van der Waals surface area contributed by atoms with Gasteiger partial charge in [0.15, 0.2) is 0 Å². The van der Waals surface area contributed by atoms with Crippen LogP contribution in [-0.4, -0.2) is 22.5 Å². The van der Waals surface area contributed by atoms with E-state index in [-0.39, 0.29) is 11.9 Å². The number of nitrogens with zero attached hydrogens (tertiary/aromatic N) is 3. The zero-order valence-electron chi connectivity index (χ0n) is 15.4. The van der Waals surface area contributed by atoms with E-state index >= 15 is 0 Å². The van der Waals surface area contributed by atoms with Crippen molar-refractivity contribution < 1.29 is 4.79 Å². The summed E-state index contributed by atoms with van der Waals surface area (Å²) in [6.07, 6.45) is 3.38. The number of benzene rings is 1. The van der Waals surface area contributed by atoms with Crippen LogP contribution in [0, 0.1) is 11.3 Å². The van der Waals surface area contributed by atoms with Crippen LogP contribution in [0.1, 0.15) is 48.6 Å². The quantitative estimate of drug-likeness (QED) is 0.845. The van der Waals surface area contributed by atoms with Gasteiger partial charge < -0.3 is 10.2 Å². The first-order valence-electron chi connectivity index (χ1n) is 9.21. The first-order valence-corrected chi connectivity index (χ1v) is 9.59. The van der Waals surface area contributed by atoms with Gasteiger partial charge >= 0.3 is 6.03 Å². The third kappa shape index (κ3) is 2.76. The first-order chi connectivity index (χ1) is 13.0. The fourth-order valence-electron chi connectivity index (χ4n) is 4.24. The summed E-state index contributed by atoms with van der Waals surface area (Å²) in [6, 6.07) is 10.2. The van der Waals surface area contributed by atoms with Crippen molar-refractivity contribution in [2.45, 2.75) is 44.6 Å². The molecular weight excluding hydrogens is 360 g/mol. The van der Waals surface area contributed by atoms with Crippen molar-refractivity contribution in [3.63, 3.8) is 0 Å². The fourth-order valence-corrected chi connectivity index (χ4v) is 4.49. The lowest BCUT2D eigenvalue weighted by Crippen LogP contribution is -2.38. The Bertz CT molecular complexity index is 967. The Morgan fingerprint density at radius 3 is 3.00 bits per heavy atom. The van der Waals surface area contributed by atoms with Gasteiger partial charge in [-0.25, -0.2) is 4.79 Å². The molecule has 6 heteroatoms. The van der Waals surface area contributed by atoms with E-state index in [2.05, 4.69) is 16.4 Å². The summed E-state index contributed by atoms with van der Waals surface area (Å²) in [4.78, 5) is 18.5. The summed E-state index contributed by atoms with van der Waals surface area (Å²) in [5, 5.41) is 13.8. The number of aromatic nitrogens is 1. The Balaban J connectivity index is 1.75. The monoisotopic (exact) mass is 380 g/mol. The molecule has 27 heavy (non-hydrogen) atoms. The van der Waals surface area contributed by atoms with Gasteiger partial charge in [-0.05, 0) is 55.5 Å². The second kappa shape index (κ2) is 6.54. The maximum Gasteiger partial charge on any atom is 0.322 e. The lowest BCUT2D eigenvalue weighted by atomic mass is 9.71. The minimum Gasteiger partial charge on any atom is -0.320 e. The van der Waals surface area contributed by atoms with E-state index in [4.69, 9.17) is 11.6 Å². The number of carbonyl (C=O) groups is 1. The molecule has 0 bridgehead atoms. The molecule has 0 saturated carbocycles. The number of urea groups is 1. The molecule has 0 fully saturated rings. The molecule has 0 radical (unpaired) electrons. The molecule has 1 aromatic heterocycles. The predicted octanol–water partition coefficient (Wildman–Crippen LogP) is 4.61. The van der Waals surface area contributed by atoms with Gasteiger partial charge in [-0.15, -0.1) is 0 Å². The van der Waals surface area contributed by atoms with Crippen LogP contribution in [-0.2, 0) is 18.4 Å². The lowest BCUT2D eigenvalue weighted by Gasteiger charge is -2.32. The molecule has 2 amide bonds. The van der Waals surface area contributed by atoms with Crippen LogP contribution in [0.25, 0.3) is 0 Å². The van der Waals surface area contributed by atoms with Gasteiger partial charge in [-0.2, -0.15) is 5.26 Å². The minimum absolute atomic E-state index is 0.0271. The van der Waals surface area contributed by atoms with Crippen LogP contribution in [0.4, 0.5) is 10.5 Å². The standard InChI is InChI=1S/C21H21ClN4O/c1-3-26-11-13-4-5-14(10-18(13)25-20(26)27)21(2,12-23)16-7-6-15-17(22)8-9-24-19(15)16/h4-5,8-10,16H,3,6-7,11H2,1-2H3,(H,25,27). The number of carbonyl (C=O) groups excluding carboxylic acids is 1. The van der Waals surface area contributed by atoms with Crippen LogP contribution >= 0.6 is 11.6 Å². The molecule has 2 aliphatic rings. The maximum atomic E-state index is 12.2. The molecule has 4 rings (SSSR count). The highest BCUT2D eigenvalue weighted by Gasteiger charge is 2.43. The van der Waals surface area contributed by atoms with Crippen LogP contribution in [0.5, 0.6) is 0 Å².